The Kier molecular flexibility index (Phi) is 5.05. The highest BCUT2D eigenvalue weighted by Gasteiger charge is 2.35. The number of ether oxygens (including phenoxy) is 2. The average molecular weight is 432 g/mol. The summed E-state index contributed by atoms with van der Waals surface area (Å²) in [6.07, 6.45) is 1.74. The van der Waals surface area contributed by atoms with Gasteiger partial charge in [-0.25, -0.2) is 0 Å². The molecule has 31 heavy (non-hydrogen) atoms. The Hall–Kier alpha value is -3.08. The van der Waals surface area contributed by atoms with Crippen molar-refractivity contribution in [3.8, 4) is 11.5 Å². The zero-order valence-corrected chi connectivity index (χ0v) is 18.2. The van der Waals surface area contributed by atoms with Crippen molar-refractivity contribution in [3.63, 3.8) is 0 Å². The lowest BCUT2D eigenvalue weighted by atomic mass is 9.98. The minimum Gasteiger partial charge on any atom is -0.478 e. The van der Waals surface area contributed by atoms with Gasteiger partial charge in [0.1, 0.15) is 18.2 Å². The highest BCUT2D eigenvalue weighted by molar-refractivity contribution is 6.30. The zero-order chi connectivity index (χ0) is 21.5. The Balaban J connectivity index is 1.46. The van der Waals surface area contributed by atoms with Crippen LogP contribution in [0.1, 0.15) is 38.2 Å². The fourth-order valence-corrected chi connectivity index (χ4v) is 4.28. The van der Waals surface area contributed by atoms with Gasteiger partial charge in [-0.3, -0.25) is 9.69 Å². The SMILES string of the molecule is Cc1ccc(CN2COc3cc(C)c4c(c3C2)O/C(=C\c2cccc(Cl)c2)C4=O)cc1. The molecule has 4 nitrogen and oxygen atoms in total. The number of hydrogen-bond donors (Lipinski definition) is 0. The van der Waals surface area contributed by atoms with Crippen molar-refractivity contribution in [2.75, 3.05) is 6.73 Å². The van der Waals surface area contributed by atoms with Gasteiger partial charge in [0.05, 0.1) is 11.1 Å². The third-order valence-electron chi connectivity index (χ3n) is 5.66. The highest BCUT2D eigenvalue weighted by Crippen LogP contribution is 2.44. The molecule has 2 aliphatic heterocycles. The largest absolute Gasteiger partial charge is 0.478 e. The van der Waals surface area contributed by atoms with Crippen LogP contribution < -0.4 is 9.47 Å². The smallest absolute Gasteiger partial charge is 0.232 e. The van der Waals surface area contributed by atoms with Gasteiger partial charge in [-0.05, 0) is 54.8 Å². The minimum atomic E-state index is -0.106. The second-order valence-corrected chi connectivity index (χ2v) is 8.55. The van der Waals surface area contributed by atoms with E-state index >= 15 is 0 Å². The summed E-state index contributed by atoms with van der Waals surface area (Å²) in [5.41, 5.74) is 5.69. The van der Waals surface area contributed by atoms with E-state index in [2.05, 4.69) is 36.1 Å². The predicted octanol–water partition coefficient (Wildman–Crippen LogP) is 5.93. The molecule has 5 heteroatoms. The van der Waals surface area contributed by atoms with E-state index in [-0.39, 0.29) is 5.78 Å². The van der Waals surface area contributed by atoms with Crippen LogP contribution in [0.4, 0.5) is 0 Å². The Labute approximate surface area is 186 Å². The molecule has 3 aromatic carbocycles. The second-order valence-electron chi connectivity index (χ2n) is 8.12. The molecule has 0 saturated carbocycles. The van der Waals surface area contributed by atoms with Gasteiger partial charge in [-0.15, -0.1) is 0 Å². The number of benzene rings is 3. The molecule has 0 radical (unpaired) electrons. The molecule has 0 amide bonds. The van der Waals surface area contributed by atoms with Gasteiger partial charge < -0.3 is 9.47 Å². The molecule has 0 atom stereocenters. The third-order valence-corrected chi connectivity index (χ3v) is 5.90. The summed E-state index contributed by atoms with van der Waals surface area (Å²) in [5, 5.41) is 0.617. The van der Waals surface area contributed by atoms with Gasteiger partial charge in [0.25, 0.3) is 0 Å². The molecule has 0 bridgehead atoms. The molecule has 2 aliphatic rings. The van der Waals surface area contributed by atoms with Crippen molar-refractivity contribution in [2.24, 2.45) is 0 Å². The van der Waals surface area contributed by atoms with Crippen molar-refractivity contribution in [3.05, 3.63) is 98.8 Å². The molecule has 156 valence electrons. The van der Waals surface area contributed by atoms with Crippen molar-refractivity contribution in [2.45, 2.75) is 26.9 Å². The number of aryl methyl sites for hydroxylation is 2. The van der Waals surface area contributed by atoms with Crippen molar-refractivity contribution in [1.82, 2.24) is 4.90 Å². The quantitative estimate of drug-likeness (QED) is 0.482. The first-order valence-electron chi connectivity index (χ1n) is 10.2. The van der Waals surface area contributed by atoms with Crippen LogP contribution in [0.3, 0.4) is 0 Å². The van der Waals surface area contributed by atoms with Crippen LogP contribution in [0.5, 0.6) is 11.5 Å². The molecule has 3 aromatic rings. The van der Waals surface area contributed by atoms with E-state index in [1.165, 1.54) is 11.1 Å². The van der Waals surface area contributed by atoms with Gasteiger partial charge in [-0.2, -0.15) is 0 Å². The van der Waals surface area contributed by atoms with E-state index in [1.807, 2.05) is 31.2 Å². The Bertz CT molecular complexity index is 1210. The van der Waals surface area contributed by atoms with Crippen LogP contribution in [0, 0.1) is 13.8 Å². The van der Waals surface area contributed by atoms with Crippen molar-refractivity contribution >= 4 is 23.5 Å². The van der Waals surface area contributed by atoms with Crippen LogP contribution in [0.15, 0.2) is 60.4 Å². The maximum Gasteiger partial charge on any atom is 0.232 e. The Morgan fingerprint density at radius 2 is 1.90 bits per heavy atom. The molecule has 0 aliphatic carbocycles. The van der Waals surface area contributed by atoms with Gasteiger partial charge in [0, 0.05) is 18.1 Å². The summed E-state index contributed by atoms with van der Waals surface area (Å²) < 4.78 is 12.2. The lowest BCUT2D eigenvalue weighted by molar-refractivity contribution is 0.0872. The van der Waals surface area contributed by atoms with E-state index in [0.717, 1.165) is 29.0 Å². The standard InChI is InChI=1S/C26H22ClNO3/c1-16-6-8-18(9-7-16)13-28-14-21-22(30-15-28)10-17(2)24-25(29)23(31-26(21)24)12-19-4-3-5-20(27)11-19/h3-12H,13-15H2,1-2H3/b23-12-. The molecule has 0 N–H and O–H groups in total. The lowest BCUT2D eigenvalue weighted by Gasteiger charge is -2.30. The molecule has 0 unspecified atom stereocenters. The van der Waals surface area contributed by atoms with Crippen molar-refractivity contribution in [1.29, 1.82) is 0 Å². The molecule has 5 rings (SSSR count). The van der Waals surface area contributed by atoms with E-state index < -0.39 is 0 Å². The molecule has 0 saturated heterocycles. The number of allylic oxidation sites excluding steroid dienone is 1. The number of Topliss-reactive ketones (excluding diaryl/α,β-unsaturated/α-hetero) is 1. The molecular weight excluding hydrogens is 410 g/mol. The second kappa shape index (κ2) is 7.88. The first kappa shape index (κ1) is 19.9. The van der Waals surface area contributed by atoms with Gasteiger partial charge >= 0.3 is 0 Å². The number of ketones is 1. The minimum absolute atomic E-state index is 0.106. The number of carbonyl (C=O) groups is 1. The maximum absolute atomic E-state index is 13.1. The number of carbonyl (C=O) groups excluding carboxylic acids is 1. The summed E-state index contributed by atoms with van der Waals surface area (Å²) in [4.78, 5) is 15.3. The summed E-state index contributed by atoms with van der Waals surface area (Å²) in [5.74, 6) is 1.60. The van der Waals surface area contributed by atoms with E-state index in [0.29, 0.717) is 35.4 Å². The number of halogens is 1. The van der Waals surface area contributed by atoms with Crippen LogP contribution in [-0.4, -0.2) is 17.4 Å². The van der Waals surface area contributed by atoms with Crippen LogP contribution in [-0.2, 0) is 13.1 Å². The topological polar surface area (TPSA) is 38.8 Å². The first-order valence-corrected chi connectivity index (χ1v) is 10.6. The van der Waals surface area contributed by atoms with Crippen LogP contribution in [0.2, 0.25) is 5.02 Å². The maximum atomic E-state index is 13.1. The number of hydrogen-bond acceptors (Lipinski definition) is 4. The third kappa shape index (κ3) is 3.85. The fraction of sp³-hybridized carbons (Fsp3) is 0.192. The van der Waals surface area contributed by atoms with Crippen molar-refractivity contribution < 1.29 is 14.3 Å². The highest BCUT2D eigenvalue weighted by atomic mass is 35.5. The zero-order valence-electron chi connectivity index (χ0n) is 17.4. The number of rotatable bonds is 3. The van der Waals surface area contributed by atoms with Gasteiger partial charge in [-0.1, -0.05) is 53.6 Å². The lowest BCUT2D eigenvalue weighted by Crippen LogP contribution is -2.31. The summed E-state index contributed by atoms with van der Waals surface area (Å²) in [6, 6.07) is 17.8. The van der Waals surface area contributed by atoms with Gasteiger partial charge in [0.15, 0.2) is 5.76 Å². The molecular formula is C26H22ClNO3. The van der Waals surface area contributed by atoms with Crippen LogP contribution >= 0.6 is 11.6 Å². The van der Waals surface area contributed by atoms with Crippen LogP contribution in [0.25, 0.3) is 6.08 Å². The normalized spacial score (nSPS) is 16.6. The van der Waals surface area contributed by atoms with E-state index in [9.17, 15) is 4.79 Å². The first-order chi connectivity index (χ1) is 15.0. The number of fused-ring (bicyclic) bond motifs is 3. The summed E-state index contributed by atoms with van der Waals surface area (Å²) >= 11 is 6.09. The average Bonchev–Trinajstić information content (AvgIpc) is 3.07. The van der Waals surface area contributed by atoms with Gasteiger partial charge in [0.2, 0.25) is 5.78 Å². The number of nitrogens with zero attached hydrogens (tertiary/aromatic N) is 1. The van der Waals surface area contributed by atoms with E-state index in [4.69, 9.17) is 21.1 Å². The Morgan fingerprint density at radius 3 is 2.68 bits per heavy atom. The molecule has 0 spiro atoms. The van der Waals surface area contributed by atoms with E-state index in [1.54, 1.807) is 12.1 Å². The Morgan fingerprint density at radius 1 is 1.10 bits per heavy atom. The summed E-state index contributed by atoms with van der Waals surface area (Å²) in [7, 11) is 0. The molecule has 2 heterocycles. The molecule has 0 aromatic heterocycles. The fourth-order valence-electron chi connectivity index (χ4n) is 4.08. The summed E-state index contributed by atoms with van der Waals surface area (Å²) in [6.45, 7) is 5.92. The predicted molar refractivity (Wildman–Crippen MR) is 121 cm³/mol. The molecule has 0 fully saturated rings. The monoisotopic (exact) mass is 431 g/mol.